The van der Waals surface area contributed by atoms with E-state index < -0.39 is 11.9 Å². The average Bonchev–Trinajstić information content (AvgIpc) is 2.52. The van der Waals surface area contributed by atoms with Crippen molar-refractivity contribution in [3.8, 4) is 0 Å². The molecule has 1 aliphatic rings. The van der Waals surface area contributed by atoms with Gasteiger partial charge in [0.1, 0.15) is 5.69 Å². The number of aromatic nitrogens is 1. The van der Waals surface area contributed by atoms with E-state index in [9.17, 15) is 9.59 Å². The first kappa shape index (κ1) is 9.79. The molecule has 2 heterocycles. The summed E-state index contributed by atoms with van der Waals surface area (Å²) in [4.78, 5) is 28.4. The first-order valence-electron chi connectivity index (χ1n) is 4.60. The zero-order valence-corrected chi connectivity index (χ0v) is 8.17. The van der Waals surface area contributed by atoms with Crippen molar-refractivity contribution >= 4 is 11.8 Å². The van der Waals surface area contributed by atoms with Crippen molar-refractivity contribution in [3.05, 3.63) is 29.6 Å². The van der Waals surface area contributed by atoms with Crippen LogP contribution in [0, 0.1) is 0 Å². The summed E-state index contributed by atoms with van der Waals surface area (Å²) in [5.41, 5.74) is 0.477. The molecule has 2 amide bonds. The first-order valence-corrected chi connectivity index (χ1v) is 4.60. The van der Waals surface area contributed by atoms with Crippen LogP contribution in [0.25, 0.3) is 0 Å². The minimum absolute atomic E-state index is 0.169. The molecule has 1 aliphatic heterocycles. The van der Waals surface area contributed by atoms with Gasteiger partial charge >= 0.3 is 0 Å². The maximum atomic E-state index is 11.8. The predicted octanol–water partition coefficient (Wildman–Crippen LogP) is 0.0584. The van der Waals surface area contributed by atoms with Crippen LogP contribution in [0.2, 0.25) is 0 Å². The second kappa shape index (κ2) is 3.43. The fourth-order valence-electron chi connectivity index (χ4n) is 1.57. The number of aliphatic hydroxyl groups excluding tert-OH is 1. The number of aliphatic hydroxyl groups is 1. The number of carbonyl (C=O) groups is 2. The molecule has 1 aromatic rings. The van der Waals surface area contributed by atoms with Gasteiger partial charge in [0.2, 0.25) is 0 Å². The normalized spacial score (nSPS) is 16.8. The molecular formula is C10H10N2O3. The molecule has 0 aliphatic carbocycles. The molecule has 0 saturated carbocycles. The highest BCUT2D eigenvalue weighted by molar-refractivity contribution is 6.20. The summed E-state index contributed by atoms with van der Waals surface area (Å²) < 4.78 is 0. The summed E-state index contributed by atoms with van der Waals surface area (Å²) in [7, 11) is 0. The number of rotatable bonds is 2. The van der Waals surface area contributed by atoms with Crippen LogP contribution in [0.1, 0.15) is 27.8 Å². The van der Waals surface area contributed by atoms with Crippen LogP contribution in [0.4, 0.5) is 0 Å². The van der Waals surface area contributed by atoms with E-state index in [1.165, 1.54) is 6.20 Å². The molecular weight excluding hydrogens is 196 g/mol. The van der Waals surface area contributed by atoms with Gasteiger partial charge in [0.15, 0.2) is 0 Å². The summed E-state index contributed by atoms with van der Waals surface area (Å²) in [5, 5.41) is 8.94. The molecule has 1 atom stereocenters. The van der Waals surface area contributed by atoms with Crippen LogP contribution in [0.3, 0.4) is 0 Å². The second-order valence-electron chi connectivity index (χ2n) is 3.41. The number of pyridine rings is 1. The van der Waals surface area contributed by atoms with E-state index in [1.807, 2.05) is 0 Å². The summed E-state index contributed by atoms with van der Waals surface area (Å²) in [6.07, 6.45) is 1.47. The van der Waals surface area contributed by atoms with E-state index in [2.05, 4.69) is 4.98 Å². The highest BCUT2D eigenvalue weighted by Crippen LogP contribution is 2.22. The smallest absolute Gasteiger partial charge is 0.280 e. The number of hydrogen-bond acceptors (Lipinski definition) is 4. The molecule has 0 radical (unpaired) electrons. The van der Waals surface area contributed by atoms with Crippen LogP contribution in [-0.2, 0) is 0 Å². The van der Waals surface area contributed by atoms with E-state index in [1.54, 1.807) is 19.1 Å². The fraction of sp³-hybridized carbons (Fsp3) is 0.300. The number of nitrogens with zero attached hydrogens (tertiary/aromatic N) is 2. The third kappa shape index (κ3) is 1.32. The number of hydrogen-bond donors (Lipinski definition) is 1. The summed E-state index contributed by atoms with van der Waals surface area (Å²) >= 11 is 0. The average molecular weight is 206 g/mol. The van der Waals surface area contributed by atoms with Crippen molar-refractivity contribution in [1.29, 1.82) is 0 Å². The zero-order valence-electron chi connectivity index (χ0n) is 8.17. The Morgan fingerprint density at radius 3 is 2.80 bits per heavy atom. The van der Waals surface area contributed by atoms with Crippen LogP contribution in [0.5, 0.6) is 0 Å². The Bertz CT molecular complexity index is 395. The number of fused-ring (bicyclic) bond motifs is 1. The third-order valence-electron chi connectivity index (χ3n) is 2.38. The molecule has 5 heteroatoms. The lowest BCUT2D eigenvalue weighted by Gasteiger charge is -2.19. The maximum absolute atomic E-state index is 11.8. The largest absolute Gasteiger partial charge is 0.394 e. The topological polar surface area (TPSA) is 70.5 Å². The van der Waals surface area contributed by atoms with Gasteiger partial charge in [-0.15, -0.1) is 0 Å². The molecule has 0 spiro atoms. The zero-order chi connectivity index (χ0) is 11.0. The molecule has 0 bridgehead atoms. The van der Waals surface area contributed by atoms with E-state index >= 15 is 0 Å². The molecule has 15 heavy (non-hydrogen) atoms. The predicted molar refractivity (Wildman–Crippen MR) is 51.3 cm³/mol. The van der Waals surface area contributed by atoms with Crippen LogP contribution in [0.15, 0.2) is 18.3 Å². The lowest BCUT2D eigenvalue weighted by Crippen LogP contribution is -2.40. The Morgan fingerprint density at radius 2 is 2.20 bits per heavy atom. The Hall–Kier alpha value is -1.75. The van der Waals surface area contributed by atoms with E-state index in [4.69, 9.17) is 5.11 Å². The van der Waals surface area contributed by atoms with Gasteiger partial charge in [-0.3, -0.25) is 19.5 Å². The molecule has 0 aromatic carbocycles. The summed E-state index contributed by atoms with van der Waals surface area (Å²) in [6, 6.07) is 2.66. The SMILES string of the molecule is C[C@@H](CO)N1C(=O)c2cccnc2C1=O. The standard InChI is InChI=1S/C10H10N2O3/c1-6(5-13)12-9(14)7-3-2-4-11-8(7)10(12)15/h2-4,6,13H,5H2,1H3/t6-/m0/s1. The van der Waals surface area contributed by atoms with Gasteiger partial charge in [0, 0.05) is 6.20 Å². The highest BCUT2D eigenvalue weighted by atomic mass is 16.3. The molecule has 5 nitrogen and oxygen atoms in total. The van der Waals surface area contributed by atoms with E-state index in [0.717, 1.165) is 4.90 Å². The molecule has 1 aromatic heterocycles. The Kier molecular flexibility index (Phi) is 2.24. The lowest BCUT2D eigenvalue weighted by molar-refractivity contribution is 0.0535. The van der Waals surface area contributed by atoms with Gasteiger partial charge in [0.25, 0.3) is 11.8 Å². The summed E-state index contributed by atoms with van der Waals surface area (Å²) in [5.74, 6) is -0.818. The minimum Gasteiger partial charge on any atom is -0.394 e. The van der Waals surface area contributed by atoms with Crippen LogP contribution < -0.4 is 0 Å². The van der Waals surface area contributed by atoms with Crippen molar-refractivity contribution in [2.75, 3.05) is 6.61 Å². The van der Waals surface area contributed by atoms with Gasteiger partial charge in [-0.2, -0.15) is 0 Å². The van der Waals surface area contributed by atoms with E-state index in [-0.39, 0.29) is 18.2 Å². The first-order chi connectivity index (χ1) is 7.16. The van der Waals surface area contributed by atoms with Crippen molar-refractivity contribution < 1.29 is 14.7 Å². The minimum atomic E-state index is -0.515. The van der Waals surface area contributed by atoms with Crippen molar-refractivity contribution in [2.45, 2.75) is 13.0 Å². The van der Waals surface area contributed by atoms with Gasteiger partial charge < -0.3 is 5.11 Å². The Balaban J connectivity index is 2.45. The molecule has 0 fully saturated rings. The monoisotopic (exact) mass is 206 g/mol. The highest BCUT2D eigenvalue weighted by Gasteiger charge is 2.39. The third-order valence-corrected chi connectivity index (χ3v) is 2.38. The molecule has 0 unspecified atom stereocenters. The lowest BCUT2D eigenvalue weighted by atomic mass is 10.2. The quantitative estimate of drug-likeness (QED) is 0.694. The van der Waals surface area contributed by atoms with Crippen molar-refractivity contribution in [1.82, 2.24) is 9.88 Å². The molecule has 2 rings (SSSR count). The Morgan fingerprint density at radius 1 is 1.47 bits per heavy atom. The molecule has 78 valence electrons. The number of amides is 2. The fourth-order valence-corrected chi connectivity index (χ4v) is 1.57. The molecule has 0 saturated heterocycles. The summed E-state index contributed by atoms with van der Waals surface area (Å²) in [6.45, 7) is 1.37. The number of imide groups is 1. The van der Waals surface area contributed by atoms with Gasteiger partial charge in [0.05, 0.1) is 18.2 Å². The van der Waals surface area contributed by atoms with Crippen molar-refractivity contribution in [3.63, 3.8) is 0 Å². The maximum Gasteiger partial charge on any atom is 0.280 e. The van der Waals surface area contributed by atoms with Crippen molar-refractivity contribution in [2.24, 2.45) is 0 Å². The Labute approximate surface area is 86.3 Å². The van der Waals surface area contributed by atoms with Crippen LogP contribution >= 0.6 is 0 Å². The number of carbonyl (C=O) groups excluding carboxylic acids is 2. The van der Waals surface area contributed by atoms with Crippen LogP contribution in [-0.4, -0.2) is 39.5 Å². The van der Waals surface area contributed by atoms with E-state index in [0.29, 0.717) is 5.56 Å². The van der Waals surface area contributed by atoms with Gasteiger partial charge in [-0.25, -0.2) is 0 Å². The van der Waals surface area contributed by atoms with Gasteiger partial charge in [-0.1, -0.05) is 0 Å². The molecule has 1 N–H and O–H groups in total. The second-order valence-corrected chi connectivity index (χ2v) is 3.41. The van der Waals surface area contributed by atoms with Gasteiger partial charge in [-0.05, 0) is 19.1 Å².